The molecule has 12 rings (SSSR count). The Morgan fingerprint density at radius 2 is 0.781 bits per heavy atom. The Morgan fingerprint density at radius 1 is 0.312 bits per heavy atom. The van der Waals surface area contributed by atoms with E-state index in [0.29, 0.717) is 0 Å². The second-order valence-electron chi connectivity index (χ2n) is 17.6. The first-order chi connectivity index (χ1) is 31.5. The summed E-state index contributed by atoms with van der Waals surface area (Å²) in [5, 5.41) is 10.1. The average molecular weight is 809 g/mol. The zero-order valence-corrected chi connectivity index (χ0v) is 36.7. The molecule has 0 atom stereocenters. The number of hydrogen-bond donors (Lipinski definition) is 0. The lowest BCUT2D eigenvalue weighted by Crippen LogP contribution is -2.46. The van der Waals surface area contributed by atoms with Crippen molar-refractivity contribution in [1.82, 2.24) is 0 Å². The van der Waals surface area contributed by atoms with Crippen LogP contribution in [0.4, 0.5) is 17.1 Å². The van der Waals surface area contributed by atoms with Crippen LogP contribution in [0.15, 0.2) is 212 Å². The van der Waals surface area contributed by atoms with Gasteiger partial charge in [0, 0.05) is 16.6 Å². The van der Waals surface area contributed by atoms with Crippen molar-refractivity contribution in [2.45, 2.75) is 5.41 Å². The van der Waals surface area contributed by atoms with Crippen molar-refractivity contribution in [1.29, 1.82) is 0 Å². The standard InChI is InChI=1S/C59H43B4N/c60-54-53(47-34-36-18-7-9-24-40(36)42-26-11-12-28-44(42)47)55(61)57(63)58(56(54)62)64(51-35-37-19-8-10-25-41(37)43-27-13-14-29-45(43)51)50-33-17-32-49-52(50)46-30-15-16-31-48(46)59(49,38-20-3-1-4-21-38)39-22-5-2-6-23-39/h1-35H,60-63H2. The Hall–Kier alpha value is -7.48. The molecule has 0 spiro atoms. The lowest BCUT2D eigenvalue weighted by Gasteiger charge is -2.36. The van der Waals surface area contributed by atoms with Crippen LogP contribution in [0.25, 0.3) is 65.3 Å². The van der Waals surface area contributed by atoms with Crippen LogP contribution in [-0.2, 0) is 5.41 Å². The van der Waals surface area contributed by atoms with E-state index in [9.17, 15) is 0 Å². The molecule has 296 valence electrons. The fourth-order valence-corrected chi connectivity index (χ4v) is 11.5. The minimum Gasteiger partial charge on any atom is -0.310 e. The normalized spacial score (nSPS) is 12.8. The Kier molecular flexibility index (Phi) is 8.85. The highest BCUT2D eigenvalue weighted by atomic mass is 15.2. The first-order valence-electron chi connectivity index (χ1n) is 22.5. The summed E-state index contributed by atoms with van der Waals surface area (Å²) in [6.07, 6.45) is 0. The third-order valence-electron chi connectivity index (χ3n) is 14.5. The van der Waals surface area contributed by atoms with Crippen LogP contribution >= 0.6 is 0 Å². The molecule has 11 aromatic carbocycles. The Bertz CT molecular complexity index is 3610. The minimum absolute atomic E-state index is 0.529. The van der Waals surface area contributed by atoms with Crippen molar-refractivity contribution in [3.8, 4) is 22.3 Å². The van der Waals surface area contributed by atoms with Crippen molar-refractivity contribution in [3.05, 3.63) is 235 Å². The predicted octanol–water partition coefficient (Wildman–Crippen LogP) is 8.83. The average Bonchev–Trinajstić information content (AvgIpc) is 3.66. The second-order valence-corrected chi connectivity index (χ2v) is 17.6. The summed E-state index contributed by atoms with van der Waals surface area (Å²) in [6, 6.07) is 79.0. The van der Waals surface area contributed by atoms with Crippen molar-refractivity contribution in [2.75, 3.05) is 4.90 Å². The van der Waals surface area contributed by atoms with Gasteiger partial charge >= 0.3 is 0 Å². The van der Waals surface area contributed by atoms with Gasteiger partial charge in [-0.25, -0.2) is 0 Å². The molecule has 0 saturated carbocycles. The predicted molar refractivity (Wildman–Crippen MR) is 287 cm³/mol. The first kappa shape index (κ1) is 38.2. The molecular formula is C59H43B4N. The maximum Gasteiger partial charge on any atom is 0.141 e. The van der Waals surface area contributed by atoms with Crippen molar-refractivity contribution < 1.29 is 0 Å². The van der Waals surface area contributed by atoms with E-state index in [1.54, 1.807) is 0 Å². The lowest BCUT2D eigenvalue weighted by molar-refractivity contribution is 0.768. The molecule has 64 heavy (non-hydrogen) atoms. The summed E-state index contributed by atoms with van der Waals surface area (Å²) >= 11 is 0. The van der Waals surface area contributed by atoms with E-state index < -0.39 is 5.41 Å². The molecule has 0 bridgehead atoms. The summed E-state index contributed by atoms with van der Waals surface area (Å²) in [6.45, 7) is 0. The van der Waals surface area contributed by atoms with E-state index in [4.69, 9.17) is 0 Å². The monoisotopic (exact) mass is 809 g/mol. The number of anilines is 3. The van der Waals surface area contributed by atoms with Gasteiger partial charge in [-0.05, 0) is 94.8 Å². The molecule has 0 aromatic heterocycles. The van der Waals surface area contributed by atoms with Gasteiger partial charge in [-0.15, -0.1) is 0 Å². The highest BCUT2D eigenvalue weighted by molar-refractivity contribution is 6.63. The molecule has 0 radical (unpaired) electrons. The SMILES string of the molecule is Bc1c(B)c(N(c2cccc3c2-c2ccccc2C3(c2ccccc2)c2ccccc2)c2cc3ccccc3c3ccccc23)c(B)c(B)c1-c1cc2ccccc2c2ccccc12. The van der Waals surface area contributed by atoms with Gasteiger partial charge in [-0.3, -0.25) is 0 Å². The van der Waals surface area contributed by atoms with Crippen molar-refractivity contribution in [3.63, 3.8) is 0 Å². The largest absolute Gasteiger partial charge is 0.310 e. The van der Waals surface area contributed by atoms with E-state index in [1.165, 1.54) is 127 Å². The molecule has 1 aliphatic rings. The molecule has 0 unspecified atom stereocenters. The Labute approximate surface area is 378 Å². The number of benzene rings is 11. The van der Waals surface area contributed by atoms with E-state index in [1.807, 2.05) is 0 Å². The third-order valence-corrected chi connectivity index (χ3v) is 14.5. The summed E-state index contributed by atoms with van der Waals surface area (Å²) in [7, 11) is 9.41. The highest BCUT2D eigenvalue weighted by Gasteiger charge is 2.47. The maximum atomic E-state index is 2.64. The van der Waals surface area contributed by atoms with Crippen LogP contribution in [0.2, 0.25) is 0 Å². The van der Waals surface area contributed by atoms with Gasteiger partial charge in [0.25, 0.3) is 0 Å². The van der Waals surface area contributed by atoms with Crippen LogP contribution in [0.3, 0.4) is 0 Å². The van der Waals surface area contributed by atoms with Crippen LogP contribution in [0.5, 0.6) is 0 Å². The van der Waals surface area contributed by atoms with Gasteiger partial charge in [-0.1, -0.05) is 216 Å². The molecule has 0 amide bonds. The lowest BCUT2D eigenvalue weighted by atomic mass is 9.64. The quantitative estimate of drug-likeness (QED) is 0.120. The molecule has 0 saturated heterocycles. The van der Waals surface area contributed by atoms with Gasteiger partial charge in [0.2, 0.25) is 0 Å². The smallest absolute Gasteiger partial charge is 0.141 e. The second kappa shape index (κ2) is 14.8. The molecule has 5 heteroatoms. The summed E-state index contributed by atoms with van der Waals surface area (Å²) in [4.78, 5) is 2.64. The van der Waals surface area contributed by atoms with E-state index in [0.717, 1.165) is 0 Å². The highest BCUT2D eigenvalue weighted by Crippen LogP contribution is 2.59. The van der Waals surface area contributed by atoms with Gasteiger partial charge in [0.15, 0.2) is 0 Å². The number of fused-ring (bicyclic) bond motifs is 9. The third kappa shape index (κ3) is 5.43. The topological polar surface area (TPSA) is 3.24 Å². The molecule has 0 aliphatic heterocycles. The molecular weight excluding hydrogens is 766 g/mol. The van der Waals surface area contributed by atoms with Gasteiger partial charge in [0.05, 0.1) is 16.8 Å². The van der Waals surface area contributed by atoms with Crippen LogP contribution in [-0.4, -0.2) is 31.4 Å². The Balaban J connectivity index is 1.22. The van der Waals surface area contributed by atoms with E-state index in [2.05, 4.69) is 249 Å². The van der Waals surface area contributed by atoms with Crippen LogP contribution < -0.4 is 26.8 Å². The van der Waals surface area contributed by atoms with Crippen molar-refractivity contribution in [2.24, 2.45) is 0 Å². The fourth-order valence-electron chi connectivity index (χ4n) is 11.5. The van der Waals surface area contributed by atoms with E-state index in [-0.39, 0.29) is 0 Å². The molecule has 0 N–H and O–H groups in total. The summed E-state index contributed by atoms with van der Waals surface area (Å²) in [5.74, 6) is 0. The first-order valence-corrected chi connectivity index (χ1v) is 22.5. The fraction of sp³-hybridized carbons (Fsp3) is 0.0169. The number of nitrogens with zero attached hydrogens (tertiary/aromatic N) is 1. The Morgan fingerprint density at radius 3 is 1.41 bits per heavy atom. The minimum atomic E-state index is -0.529. The van der Waals surface area contributed by atoms with Crippen LogP contribution in [0.1, 0.15) is 22.3 Å². The summed E-state index contributed by atoms with van der Waals surface area (Å²) < 4.78 is 0. The molecule has 0 fully saturated rings. The zero-order valence-electron chi connectivity index (χ0n) is 36.7. The molecule has 1 nitrogen and oxygen atoms in total. The van der Waals surface area contributed by atoms with Gasteiger partial charge < -0.3 is 4.90 Å². The molecule has 1 aliphatic carbocycles. The van der Waals surface area contributed by atoms with Gasteiger partial charge in [-0.2, -0.15) is 0 Å². The molecule has 0 heterocycles. The number of hydrogen-bond acceptors (Lipinski definition) is 1. The summed E-state index contributed by atoms with van der Waals surface area (Å²) in [5.41, 5.74) is 18.4. The van der Waals surface area contributed by atoms with Crippen molar-refractivity contribution >= 4 is 113 Å². The maximum absolute atomic E-state index is 2.64. The molecule has 11 aromatic rings. The number of rotatable bonds is 6. The van der Waals surface area contributed by atoms with Gasteiger partial charge in [0.1, 0.15) is 31.4 Å². The zero-order chi connectivity index (χ0) is 43.1. The van der Waals surface area contributed by atoms with E-state index >= 15 is 0 Å². The van der Waals surface area contributed by atoms with Crippen LogP contribution in [0, 0.1) is 0 Å².